The first-order chi connectivity index (χ1) is 42.9. The number of hydrogen-bond donors (Lipinski definition) is 0. The van der Waals surface area contributed by atoms with Crippen molar-refractivity contribution in [1.82, 2.24) is 0 Å². The van der Waals surface area contributed by atoms with Crippen molar-refractivity contribution >= 4 is 122 Å². The van der Waals surface area contributed by atoms with Crippen LogP contribution in [-0.2, 0) is 9.13 Å². The first-order valence-corrected chi connectivity index (χ1v) is 35.7. The molecule has 1 aliphatic carbocycles. The second-order valence-corrected chi connectivity index (χ2v) is 31.3. The summed E-state index contributed by atoms with van der Waals surface area (Å²) < 4.78 is 27.2. The van der Waals surface area contributed by atoms with Crippen molar-refractivity contribution in [3.8, 4) is 44.5 Å². The highest BCUT2D eigenvalue weighted by molar-refractivity contribution is 7.70. The van der Waals surface area contributed by atoms with E-state index in [1.807, 2.05) is 32.7 Å². The summed E-state index contributed by atoms with van der Waals surface area (Å²) in [5, 5.41) is 21.0. The first-order valence-electron chi connectivity index (χ1n) is 30.5. The molecule has 1 atom stereocenters. The molecule has 88 heavy (non-hydrogen) atoms. The summed E-state index contributed by atoms with van der Waals surface area (Å²) in [6.45, 7) is 7.44. The Morgan fingerprint density at radius 3 is 1.23 bits per heavy atom. The summed E-state index contributed by atoms with van der Waals surface area (Å²) in [5.41, 5.74) is 15.3. The van der Waals surface area contributed by atoms with Gasteiger partial charge in [0.2, 0.25) is 0 Å². The van der Waals surface area contributed by atoms with Crippen LogP contribution in [0, 0.1) is 0 Å². The topological polar surface area (TPSA) is 34.1 Å². The van der Waals surface area contributed by atoms with Crippen LogP contribution in [0.2, 0.25) is 0 Å². The van der Waals surface area contributed by atoms with E-state index in [4.69, 9.17) is 0 Å². The van der Waals surface area contributed by atoms with Crippen molar-refractivity contribution in [3.05, 3.63) is 302 Å². The van der Waals surface area contributed by atoms with Crippen LogP contribution < -0.4 is 10.6 Å². The molecule has 0 N–H and O–H groups in total. The van der Waals surface area contributed by atoms with Crippen molar-refractivity contribution < 1.29 is 9.13 Å². The first kappa shape index (κ1) is 53.8. The molecule has 420 valence electrons. The van der Waals surface area contributed by atoms with Crippen molar-refractivity contribution in [2.75, 3.05) is 26.7 Å². The van der Waals surface area contributed by atoms with Crippen molar-refractivity contribution in [3.63, 3.8) is 0 Å². The Labute approximate surface area is 513 Å². The van der Waals surface area contributed by atoms with Crippen LogP contribution in [0.3, 0.4) is 0 Å². The van der Waals surface area contributed by atoms with Crippen LogP contribution >= 0.6 is 14.3 Å². The molecule has 0 saturated carbocycles. The summed E-state index contributed by atoms with van der Waals surface area (Å²) in [7, 11) is -5.05. The summed E-state index contributed by atoms with van der Waals surface area (Å²) >= 11 is 0. The van der Waals surface area contributed by atoms with Gasteiger partial charge in [0.15, 0.2) is 0 Å². The molecule has 15 aromatic carbocycles. The Morgan fingerprint density at radius 2 is 0.705 bits per heavy atom. The molecule has 0 aromatic heterocycles. The van der Waals surface area contributed by atoms with Gasteiger partial charge in [-0.25, -0.2) is 0 Å². The van der Waals surface area contributed by atoms with Gasteiger partial charge in [0.25, 0.3) is 0 Å². The second kappa shape index (κ2) is 21.0. The number of fused-ring (bicyclic) bond motifs is 8. The molecule has 0 aliphatic heterocycles. The van der Waals surface area contributed by atoms with E-state index in [1.165, 1.54) is 131 Å². The second-order valence-electron chi connectivity index (χ2n) is 24.9. The highest BCUT2D eigenvalue weighted by atomic mass is 31.2. The zero-order valence-corrected chi connectivity index (χ0v) is 51.4. The Balaban J connectivity index is 0.937. The SMILES string of the molecule is CP(C)(=O)c1ccc(-c2cc(-c3c4ccccc4cc4ccccc34)cc(-c3c4ccccc4cc4c(-c5cccc6c(C7C=C(c8c9ccccc9cc9ccccc89)C=C(c8cccc(P(C)(C)=O)c8)C7)c7ccccc7cc56)cccc34)c2)cc1. The maximum absolute atomic E-state index is 13.8. The van der Waals surface area contributed by atoms with Gasteiger partial charge in [0.05, 0.1) is 0 Å². The fourth-order valence-electron chi connectivity index (χ4n) is 14.5. The summed E-state index contributed by atoms with van der Waals surface area (Å²) in [4.78, 5) is 0. The van der Waals surface area contributed by atoms with Gasteiger partial charge in [-0.05, 0) is 240 Å². The Hall–Kier alpha value is -9.68. The molecular formula is C84H62O2P2. The smallest absolute Gasteiger partial charge is 0.109 e. The van der Waals surface area contributed by atoms with E-state index in [0.717, 1.165) is 44.8 Å². The lowest BCUT2D eigenvalue weighted by atomic mass is 9.76. The lowest BCUT2D eigenvalue weighted by Gasteiger charge is -2.27. The largest absolute Gasteiger partial charge is 0.319 e. The van der Waals surface area contributed by atoms with Crippen molar-refractivity contribution in [2.24, 2.45) is 0 Å². The van der Waals surface area contributed by atoms with Crippen LogP contribution in [0.5, 0.6) is 0 Å². The van der Waals surface area contributed by atoms with Gasteiger partial charge in [0.1, 0.15) is 14.3 Å². The predicted molar refractivity (Wildman–Crippen MR) is 383 cm³/mol. The van der Waals surface area contributed by atoms with Gasteiger partial charge in [0, 0.05) is 16.5 Å². The molecule has 2 nitrogen and oxygen atoms in total. The molecule has 1 unspecified atom stereocenters. The van der Waals surface area contributed by atoms with E-state index in [0.29, 0.717) is 0 Å². The maximum atomic E-state index is 13.8. The molecule has 1 aliphatic rings. The fourth-order valence-corrected chi connectivity index (χ4v) is 16.3. The molecule has 4 heteroatoms. The summed E-state index contributed by atoms with van der Waals surface area (Å²) in [6, 6.07) is 100. The van der Waals surface area contributed by atoms with Crippen LogP contribution in [0.4, 0.5) is 0 Å². The average Bonchev–Trinajstić information content (AvgIpc) is 0.867. The molecular weight excluding hydrogens is 1100 g/mol. The number of allylic oxidation sites excluding steroid dienone is 4. The van der Waals surface area contributed by atoms with Crippen LogP contribution in [-0.4, -0.2) is 26.7 Å². The molecule has 0 spiro atoms. The lowest BCUT2D eigenvalue weighted by Crippen LogP contribution is -2.08. The minimum absolute atomic E-state index is 0.0247. The number of rotatable bonds is 9. The third-order valence-corrected chi connectivity index (χ3v) is 21.7. The Bertz CT molecular complexity index is 5490. The van der Waals surface area contributed by atoms with E-state index in [2.05, 4.69) is 279 Å². The zero-order chi connectivity index (χ0) is 59.4. The van der Waals surface area contributed by atoms with Gasteiger partial charge in [-0.3, -0.25) is 0 Å². The van der Waals surface area contributed by atoms with Gasteiger partial charge in [-0.15, -0.1) is 0 Å². The summed E-state index contributed by atoms with van der Waals surface area (Å²) in [5.74, 6) is -0.0247. The van der Waals surface area contributed by atoms with Crippen LogP contribution in [0.1, 0.15) is 29.0 Å². The lowest BCUT2D eigenvalue weighted by molar-refractivity contribution is 0.587. The molecule has 0 heterocycles. The third-order valence-electron chi connectivity index (χ3n) is 18.7. The molecule has 0 saturated heterocycles. The zero-order valence-electron chi connectivity index (χ0n) is 49.6. The normalized spacial score (nSPS) is 14.0. The molecule has 0 fully saturated rings. The molecule has 0 bridgehead atoms. The van der Waals surface area contributed by atoms with E-state index in [-0.39, 0.29) is 5.92 Å². The van der Waals surface area contributed by atoms with Gasteiger partial charge in [-0.2, -0.15) is 0 Å². The predicted octanol–water partition coefficient (Wildman–Crippen LogP) is 22.7. The van der Waals surface area contributed by atoms with Crippen molar-refractivity contribution in [1.29, 1.82) is 0 Å². The highest BCUT2D eigenvalue weighted by Gasteiger charge is 2.27. The quantitative estimate of drug-likeness (QED) is 0.107. The summed E-state index contributed by atoms with van der Waals surface area (Å²) in [6.07, 6.45) is 5.74. The van der Waals surface area contributed by atoms with Crippen molar-refractivity contribution in [2.45, 2.75) is 12.3 Å². The molecule has 15 aromatic rings. The third kappa shape index (κ3) is 9.25. The minimum atomic E-state index is -2.56. The van der Waals surface area contributed by atoms with Crippen LogP contribution in [0.15, 0.2) is 285 Å². The monoisotopic (exact) mass is 1160 g/mol. The van der Waals surface area contributed by atoms with Crippen LogP contribution in [0.25, 0.3) is 142 Å². The van der Waals surface area contributed by atoms with E-state index in [9.17, 15) is 9.13 Å². The average molecular weight is 1170 g/mol. The van der Waals surface area contributed by atoms with Gasteiger partial charge < -0.3 is 9.13 Å². The molecule has 16 rings (SSSR count). The standard InChI is InChI=1S/C84H62O2P2/c1-87(2,85)67-40-38-53(39-41-67)61-44-63(81-69-28-11-5-20-55(69)42-56-21-6-12-29-70(56)81)48-65(45-61)83-73-32-15-9-24-59(73)51-79-75(34-18-36-77(79)83)76-35-19-37-78-80(76)52-60-25-10-16-33-74(60)84(78)66-47-62(54-26-17-27-68(50-54)88(3,4)86)46-64(49-66)82-71-30-13-7-22-57(71)43-58-23-8-14-31-72(58)82/h5-46,48-52,66H,47H2,1-4H3. The highest BCUT2D eigenvalue weighted by Crippen LogP contribution is 2.51. The van der Waals surface area contributed by atoms with E-state index < -0.39 is 14.3 Å². The Kier molecular flexibility index (Phi) is 12.9. The van der Waals surface area contributed by atoms with E-state index >= 15 is 0 Å². The molecule has 0 radical (unpaired) electrons. The molecule has 0 amide bonds. The fraction of sp³-hybridized carbons (Fsp3) is 0.0714. The number of hydrogen-bond acceptors (Lipinski definition) is 2. The van der Waals surface area contributed by atoms with E-state index in [1.54, 1.807) is 0 Å². The van der Waals surface area contributed by atoms with Gasteiger partial charge in [-0.1, -0.05) is 237 Å². The Morgan fingerprint density at radius 1 is 0.295 bits per heavy atom. The number of benzene rings is 15. The minimum Gasteiger partial charge on any atom is -0.319 e. The maximum Gasteiger partial charge on any atom is 0.109 e. The van der Waals surface area contributed by atoms with Gasteiger partial charge >= 0.3 is 0 Å².